The first-order valence-corrected chi connectivity index (χ1v) is 4.74. The monoisotopic (exact) mass is 196 g/mol. The maximum atomic E-state index is 13.6. The van der Waals surface area contributed by atoms with Gasteiger partial charge in [0, 0.05) is 11.6 Å². The quantitative estimate of drug-likeness (QED) is 0.690. The topological polar surface area (TPSA) is 25.8 Å². The Kier molecular flexibility index (Phi) is 2.61. The Hall–Kier alpha value is -0.990. The summed E-state index contributed by atoms with van der Waals surface area (Å²) in [6.07, 6.45) is 1.62. The standard InChI is InChI=1S/C11H17FN2/c1-10(2,3)9-13-7-6-8(14-9)11(4,5)12/h6-7H,1-5H3. The molecule has 0 aliphatic rings. The van der Waals surface area contributed by atoms with Crippen molar-refractivity contribution in [2.75, 3.05) is 0 Å². The molecule has 78 valence electrons. The molecule has 0 N–H and O–H groups in total. The number of alkyl halides is 1. The molecule has 0 bridgehead atoms. The van der Waals surface area contributed by atoms with Crippen LogP contribution in [0.5, 0.6) is 0 Å². The fraction of sp³-hybridized carbons (Fsp3) is 0.636. The molecule has 0 fully saturated rings. The predicted octanol–water partition coefficient (Wildman–Crippen LogP) is 2.98. The average molecular weight is 196 g/mol. The third kappa shape index (κ3) is 2.50. The highest BCUT2D eigenvalue weighted by atomic mass is 19.1. The second-order valence-electron chi connectivity index (χ2n) is 4.99. The summed E-state index contributed by atoms with van der Waals surface area (Å²) in [7, 11) is 0. The molecule has 1 rings (SSSR count). The van der Waals surface area contributed by atoms with Crippen molar-refractivity contribution in [1.82, 2.24) is 9.97 Å². The third-order valence-corrected chi connectivity index (χ3v) is 1.94. The van der Waals surface area contributed by atoms with Gasteiger partial charge in [-0.25, -0.2) is 14.4 Å². The van der Waals surface area contributed by atoms with Crippen LogP contribution in [0.25, 0.3) is 0 Å². The van der Waals surface area contributed by atoms with Crippen molar-refractivity contribution in [3.05, 3.63) is 23.8 Å². The number of hydrogen-bond donors (Lipinski definition) is 0. The van der Waals surface area contributed by atoms with Gasteiger partial charge in [-0.05, 0) is 19.9 Å². The number of hydrogen-bond acceptors (Lipinski definition) is 2. The maximum absolute atomic E-state index is 13.6. The van der Waals surface area contributed by atoms with E-state index in [9.17, 15) is 4.39 Å². The van der Waals surface area contributed by atoms with Crippen molar-refractivity contribution in [2.24, 2.45) is 0 Å². The van der Waals surface area contributed by atoms with Crippen molar-refractivity contribution < 1.29 is 4.39 Å². The van der Waals surface area contributed by atoms with E-state index in [2.05, 4.69) is 9.97 Å². The van der Waals surface area contributed by atoms with E-state index >= 15 is 0 Å². The molecule has 1 heterocycles. The first kappa shape index (κ1) is 11.1. The minimum atomic E-state index is -1.40. The molecule has 1 aromatic heterocycles. The van der Waals surface area contributed by atoms with Crippen LogP contribution in [0.15, 0.2) is 12.3 Å². The smallest absolute Gasteiger partial charge is 0.147 e. The second kappa shape index (κ2) is 3.30. The lowest BCUT2D eigenvalue weighted by molar-refractivity contribution is 0.212. The van der Waals surface area contributed by atoms with Gasteiger partial charge in [-0.2, -0.15) is 0 Å². The van der Waals surface area contributed by atoms with Gasteiger partial charge in [-0.15, -0.1) is 0 Å². The van der Waals surface area contributed by atoms with Crippen LogP contribution in [0.4, 0.5) is 4.39 Å². The average Bonchev–Trinajstić information content (AvgIpc) is 2.01. The summed E-state index contributed by atoms with van der Waals surface area (Å²) >= 11 is 0. The van der Waals surface area contributed by atoms with Crippen molar-refractivity contribution >= 4 is 0 Å². The van der Waals surface area contributed by atoms with Gasteiger partial charge in [0.2, 0.25) is 0 Å². The summed E-state index contributed by atoms with van der Waals surface area (Å²) in [5.41, 5.74) is -1.10. The first-order valence-electron chi connectivity index (χ1n) is 4.74. The molecule has 0 unspecified atom stereocenters. The van der Waals surface area contributed by atoms with Gasteiger partial charge in [0.1, 0.15) is 11.5 Å². The largest absolute Gasteiger partial charge is 0.241 e. The Labute approximate surface area is 84.6 Å². The van der Waals surface area contributed by atoms with E-state index in [0.717, 1.165) is 0 Å². The summed E-state index contributed by atoms with van der Waals surface area (Å²) in [4.78, 5) is 8.38. The number of aromatic nitrogens is 2. The Morgan fingerprint density at radius 3 is 2.14 bits per heavy atom. The first-order chi connectivity index (χ1) is 6.21. The Morgan fingerprint density at radius 2 is 1.71 bits per heavy atom. The highest BCUT2D eigenvalue weighted by Gasteiger charge is 2.24. The van der Waals surface area contributed by atoms with Crippen molar-refractivity contribution in [3.8, 4) is 0 Å². The van der Waals surface area contributed by atoms with Crippen molar-refractivity contribution in [1.29, 1.82) is 0 Å². The van der Waals surface area contributed by atoms with Crippen LogP contribution >= 0.6 is 0 Å². The van der Waals surface area contributed by atoms with Crippen molar-refractivity contribution in [3.63, 3.8) is 0 Å². The molecule has 0 saturated heterocycles. The van der Waals surface area contributed by atoms with E-state index in [4.69, 9.17) is 0 Å². The normalized spacial score (nSPS) is 13.0. The predicted molar refractivity (Wildman–Crippen MR) is 54.9 cm³/mol. The van der Waals surface area contributed by atoms with Gasteiger partial charge in [0.15, 0.2) is 0 Å². The molecule has 0 aliphatic heterocycles. The lowest BCUT2D eigenvalue weighted by Crippen LogP contribution is -2.20. The summed E-state index contributed by atoms with van der Waals surface area (Å²) < 4.78 is 13.6. The zero-order valence-corrected chi connectivity index (χ0v) is 9.43. The molecule has 1 aromatic rings. The van der Waals surface area contributed by atoms with Gasteiger partial charge >= 0.3 is 0 Å². The lowest BCUT2D eigenvalue weighted by atomic mass is 9.95. The highest BCUT2D eigenvalue weighted by Crippen LogP contribution is 2.24. The van der Waals surface area contributed by atoms with Crippen LogP contribution in [0, 0.1) is 0 Å². The molecule has 0 saturated carbocycles. The van der Waals surface area contributed by atoms with Crippen LogP contribution in [0.1, 0.15) is 46.1 Å². The van der Waals surface area contributed by atoms with E-state index in [-0.39, 0.29) is 5.41 Å². The van der Waals surface area contributed by atoms with E-state index in [1.165, 1.54) is 13.8 Å². The molecular weight excluding hydrogens is 179 g/mol. The molecule has 0 radical (unpaired) electrons. The van der Waals surface area contributed by atoms with E-state index in [0.29, 0.717) is 11.5 Å². The number of nitrogens with zero attached hydrogens (tertiary/aromatic N) is 2. The summed E-state index contributed by atoms with van der Waals surface area (Å²) in [5.74, 6) is 0.681. The Bertz CT molecular complexity index is 292. The molecule has 14 heavy (non-hydrogen) atoms. The Balaban J connectivity index is 3.15. The maximum Gasteiger partial charge on any atom is 0.147 e. The Morgan fingerprint density at radius 1 is 1.14 bits per heavy atom. The van der Waals surface area contributed by atoms with Gasteiger partial charge in [0.25, 0.3) is 0 Å². The van der Waals surface area contributed by atoms with Crippen LogP contribution in [0.2, 0.25) is 0 Å². The highest BCUT2D eigenvalue weighted by molar-refractivity contribution is 5.13. The van der Waals surface area contributed by atoms with E-state index in [1.54, 1.807) is 12.3 Å². The molecular formula is C11H17FN2. The van der Waals surface area contributed by atoms with Crippen LogP contribution < -0.4 is 0 Å². The molecule has 0 aliphatic carbocycles. The zero-order chi connectivity index (χ0) is 11.0. The van der Waals surface area contributed by atoms with E-state index < -0.39 is 5.67 Å². The van der Waals surface area contributed by atoms with Crippen LogP contribution in [-0.2, 0) is 11.1 Å². The van der Waals surface area contributed by atoms with Crippen molar-refractivity contribution in [2.45, 2.75) is 45.7 Å². The molecule has 0 atom stereocenters. The summed E-state index contributed by atoms with van der Waals surface area (Å²) in [5, 5.41) is 0. The van der Waals surface area contributed by atoms with Crippen LogP contribution in [0.3, 0.4) is 0 Å². The van der Waals surface area contributed by atoms with Gasteiger partial charge in [0.05, 0.1) is 5.69 Å². The fourth-order valence-electron chi connectivity index (χ4n) is 1.05. The van der Waals surface area contributed by atoms with Crippen LogP contribution in [-0.4, -0.2) is 9.97 Å². The zero-order valence-electron chi connectivity index (χ0n) is 9.43. The number of halogens is 1. The lowest BCUT2D eigenvalue weighted by Gasteiger charge is -2.19. The molecule has 0 aromatic carbocycles. The SMILES string of the molecule is CC(C)(C)c1nccc(C(C)(C)F)n1. The molecule has 0 spiro atoms. The second-order valence-corrected chi connectivity index (χ2v) is 4.99. The van der Waals surface area contributed by atoms with Gasteiger partial charge < -0.3 is 0 Å². The minimum Gasteiger partial charge on any atom is -0.241 e. The van der Waals surface area contributed by atoms with E-state index in [1.807, 2.05) is 20.8 Å². The summed E-state index contributed by atoms with van der Waals surface area (Å²) in [6, 6.07) is 1.62. The number of rotatable bonds is 1. The van der Waals surface area contributed by atoms with Gasteiger partial charge in [-0.3, -0.25) is 0 Å². The minimum absolute atomic E-state index is 0.138. The van der Waals surface area contributed by atoms with Gasteiger partial charge in [-0.1, -0.05) is 20.8 Å². The fourth-order valence-corrected chi connectivity index (χ4v) is 1.05. The molecule has 2 nitrogen and oxygen atoms in total. The third-order valence-electron chi connectivity index (χ3n) is 1.94. The summed E-state index contributed by atoms with van der Waals surface area (Å²) in [6.45, 7) is 9.04. The molecule has 3 heteroatoms. The molecule has 0 amide bonds.